The van der Waals surface area contributed by atoms with Gasteiger partial charge in [0.1, 0.15) is 24.4 Å². The Hall–Kier alpha value is -3.87. The van der Waals surface area contributed by atoms with Crippen molar-refractivity contribution in [2.24, 2.45) is 0 Å². The number of nitrogens with one attached hydrogen (secondary N) is 1. The zero-order valence-electron chi connectivity index (χ0n) is 19.3. The molecule has 4 rings (SSSR count). The van der Waals surface area contributed by atoms with E-state index < -0.39 is 5.91 Å². The van der Waals surface area contributed by atoms with Gasteiger partial charge in [0.25, 0.3) is 5.91 Å². The summed E-state index contributed by atoms with van der Waals surface area (Å²) >= 11 is 0. The molecular weight excluding hydrogens is 416 g/mol. The molecule has 33 heavy (non-hydrogen) atoms. The van der Waals surface area contributed by atoms with Crippen molar-refractivity contribution in [2.45, 2.75) is 46.3 Å². The Morgan fingerprint density at radius 3 is 2.55 bits per heavy atom. The van der Waals surface area contributed by atoms with Gasteiger partial charge in [-0.2, -0.15) is 0 Å². The maximum Gasteiger partial charge on any atom is 0.293 e. The van der Waals surface area contributed by atoms with Crippen LogP contribution in [0, 0.1) is 6.92 Å². The summed E-state index contributed by atoms with van der Waals surface area (Å²) in [6.07, 6.45) is 1.59. The molecule has 2 heterocycles. The summed E-state index contributed by atoms with van der Waals surface area (Å²) in [5.41, 5.74) is 3.65. The number of aromatic nitrogens is 3. The summed E-state index contributed by atoms with van der Waals surface area (Å²) in [6.45, 7) is 9.36. The molecule has 1 N–H and O–H groups in total. The molecule has 0 spiro atoms. The minimum atomic E-state index is -0.413. The van der Waals surface area contributed by atoms with Crippen LogP contribution in [0.2, 0.25) is 0 Å². The normalized spacial score (nSPS) is 11.4. The van der Waals surface area contributed by atoms with Crippen molar-refractivity contribution in [3.63, 3.8) is 0 Å². The average Bonchev–Trinajstić information content (AvgIpc) is 3.43. The number of anilines is 1. The van der Waals surface area contributed by atoms with Crippen molar-refractivity contribution in [1.82, 2.24) is 14.8 Å². The van der Waals surface area contributed by atoms with Crippen LogP contribution in [0.5, 0.6) is 5.75 Å². The minimum absolute atomic E-state index is 0.0903. The monoisotopic (exact) mass is 444 g/mol. The van der Waals surface area contributed by atoms with E-state index in [4.69, 9.17) is 9.15 Å². The molecule has 0 aliphatic carbocycles. The van der Waals surface area contributed by atoms with Gasteiger partial charge < -0.3 is 9.15 Å². The summed E-state index contributed by atoms with van der Waals surface area (Å²) in [4.78, 5) is 16.7. The fraction of sp³-hybridized carbons (Fsp3) is 0.269. The van der Waals surface area contributed by atoms with E-state index in [0.717, 1.165) is 11.3 Å². The van der Waals surface area contributed by atoms with Crippen molar-refractivity contribution < 1.29 is 13.9 Å². The zero-order chi connectivity index (χ0) is 23.4. The van der Waals surface area contributed by atoms with Gasteiger partial charge in [0.15, 0.2) is 5.76 Å². The van der Waals surface area contributed by atoms with Gasteiger partial charge in [0.2, 0.25) is 5.95 Å². The van der Waals surface area contributed by atoms with E-state index >= 15 is 0 Å². The van der Waals surface area contributed by atoms with Crippen LogP contribution in [-0.2, 0) is 18.6 Å². The highest BCUT2D eigenvalue weighted by Crippen LogP contribution is 2.24. The van der Waals surface area contributed by atoms with Gasteiger partial charge in [-0.3, -0.25) is 10.1 Å². The predicted octanol–water partition coefficient (Wildman–Crippen LogP) is 5.36. The van der Waals surface area contributed by atoms with Crippen LogP contribution in [0.4, 0.5) is 5.95 Å². The summed E-state index contributed by atoms with van der Waals surface area (Å²) in [5.74, 6) is 1.28. The third-order valence-electron chi connectivity index (χ3n) is 5.34. The number of nitrogens with zero attached hydrogens (tertiary/aromatic N) is 3. The molecule has 0 aliphatic rings. The second kappa shape index (κ2) is 9.32. The third kappa shape index (κ3) is 5.68. The maximum absolute atomic E-state index is 12.5. The maximum atomic E-state index is 12.5. The van der Waals surface area contributed by atoms with Crippen molar-refractivity contribution >= 4 is 11.9 Å². The summed E-state index contributed by atoms with van der Waals surface area (Å²) in [7, 11) is 0. The molecule has 0 aliphatic heterocycles. The number of ether oxygens (including phenoxy) is 1. The highest BCUT2D eigenvalue weighted by molar-refractivity contribution is 6.01. The first-order valence-electron chi connectivity index (χ1n) is 10.9. The molecule has 0 radical (unpaired) electrons. The second-order valence-corrected chi connectivity index (χ2v) is 8.98. The molecule has 0 atom stereocenters. The average molecular weight is 445 g/mol. The highest BCUT2D eigenvalue weighted by Gasteiger charge is 2.15. The van der Waals surface area contributed by atoms with Crippen LogP contribution in [0.1, 0.15) is 53.8 Å². The van der Waals surface area contributed by atoms with E-state index in [1.54, 1.807) is 23.1 Å². The van der Waals surface area contributed by atoms with Gasteiger partial charge in [-0.15, -0.1) is 5.10 Å². The standard InChI is InChI=1S/C26H28N4O3/c1-18-7-5-6-8-19(18)15-30-17-27-25(29-30)28-24(31)23-14-13-22(33-23)16-32-21-11-9-20(10-12-21)26(2,3)4/h5-14,17H,15-16H2,1-4H3,(H,28,29,31). The van der Waals surface area contributed by atoms with Crippen LogP contribution in [-0.4, -0.2) is 20.7 Å². The van der Waals surface area contributed by atoms with E-state index in [9.17, 15) is 4.79 Å². The molecule has 0 fully saturated rings. The van der Waals surface area contributed by atoms with Gasteiger partial charge in [-0.05, 0) is 53.3 Å². The fourth-order valence-electron chi connectivity index (χ4n) is 3.34. The molecule has 2 aromatic carbocycles. The second-order valence-electron chi connectivity index (χ2n) is 8.98. The Balaban J connectivity index is 1.32. The summed E-state index contributed by atoms with van der Waals surface area (Å²) in [6, 6.07) is 19.4. The van der Waals surface area contributed by atoms with Gasteiger partial charge in [-0.25, -0.2) is 9.67 Å². The topological polar surface area (TPSA) is 82.2 Å². The minimum Gasteiger partial charge on any atom is -0.486 e. The Morgan fingerprint density at radius 1 is 1.06 bits per heavy atom. The lowest BCUT2D eigenvalue weighted by Crippen LogP contribution is -2.12. The lowest BCUT2D eigenvalue weighted by molar-refractivity contribution is 0.0991. The quantitative estimate of drug-likeness (QED) is 0.415. The molecule has 1 amide bonds. The number of hydrogen-bond donors (Lipinski definition) is 1. The van der Waals surface area contributed by atoms with Crippen LogP contribution in [0.25, 0.3) is 0 Å². The highest BCUT2D eigenvalue weighted by atomic mass is 16.5. The number of carbonyl (C=O) groups excluding carboxylic acids is 1. The molecule has 0 bridgehead atoms. The van der Waals surface area contributed by atoms with Crippen molar-refractivity contribution in [2.75, 3.05) is 5.32 Å². The van der Waals surface area contributed by atoms with Crippen LogP contribution in [0.15, 0.2) is 71.4 Å². The lowest BCUT2D eigenvalue weighted by Gasteiger charge is -2.19. The lowest BCUT2D eigenvalue weighted by atomic mass is 9.87. The van der Waals surface area contributed by atoms with Crippen molar-refractivity contribution in [1.29, 1.82) is 0 Å². The van der Waals surface area contributed by atoms with E-state index in [2.05, 4.69) is 48.3 Å². The van der Waals surface area contributed by atoms with Crippen molar-refractivity contribution in [3.05, 3.63) is 95.2 Å². The number of hydrogen-bond acceptors (Lipinski definition) is 5. The summed E-state index contributed by atoms with van der Waals surface area (Å²) in [5, 5.41) is 7.00. The summed E-state index contributed by atoms with van der Waals surface area (Å²) < 4.78 is 13.1. The predicted molar refractivity (Wildman–Crippen MR) is 126 cm³/mol. The fourth-order valence-corrected chi connectivity index (χ4v) is 3.34. The molecule has 0 saturated heterocycles. The van der Waals surface area contributed by atoms with E-state index in [1.165, 1.54) is 11.1 Å². The molecule has 0 unspecified atom stereocenters. The van der Waals surface area contributed by atoms with E-state index in [1.807, 2.05) is 43.3 Å². The zero-order valence-corrected chi connectivity index (χ0v) is 19.3. The number of rotatable bonds is 7. The Bertz CT molecular complexity index is 1230. The van der Waals surface area contributed by atoms with Crippen LogP contribution < -0.4 is 10.1 Å². The number of aryl methyl sites for hydroxylation is 1. The molecule has 2 aromatic heterocycles. The number of benzene rings is 2. The van der Waals surface area contributed by atoms with Gasteiger partial charge in [-0.1, -0.05) is 57.2 Å². The Morgan fingerprint density at radius 2 is 1.82 bits per heavy atom. The molecule has 170 valence electrons. The third-order valence-corrected chi connectivity index (χ3v) is 5.34. The first kappa shape index (κ1) is 22.3. The molecule has 0 saturated carbocycles. The van der Waals surface area contributed by atoms with E-state index in [0.29, 0.717) is 12.3 Å². The molecule has 7 nitrogen and oxygen atoms in total. The number of carbonyl (C=O) groups is 1. The first-order chi connectivity index (χ1) is 15.8. The Kier molecular flexibility index (Phi) is 6.31. The van der Waals surface area contributed by atoms with Gasteiger partial charge in [0, 0.05) is 0 Å². The van der Waals surface area contributed by atoms with Crippen LogP contribution >= 0.6 is 0 Å². The Labute approximate surface area is 193 Å². The van der Waals surface area contributed by atoms with E-state index in [-0.39, 0.29) is 23.7 Å². The number of furan rings is 1. The smallest absolute Gasteiger partial charge is 0.293 e. The molecular formula is C26H28N4O3. The first-order valence-corrected chi connectivity index (χ1v) is 10.9. The molecule has 4 aromatic rings. The van der Waals surface area contributed by atoms with Gasteiger partial charge >= 0.3 is 0 Å². The largest absolute Gasteiger partial charge is 0.486 e. The van der Waals surface area contributed by atoms with Gasteiger partial charge in [0.05, 0.1) is 6.54 Å². The molecule has 7 heteroatoms. The number of amides is 1. The SMILES string of the molecule is Cc1ccccc1Cn1cnc(NC(=O)c2ccc(COc3ccc(C(C)(C)C)cc3)o2)n1. The van der Waals surface area contributed by atoms with Crippen molar-refractivity contribution in [3.8, 4) is 5.75 Å². The van der Waals surface area contributed by atoms with Crippen LogP contribution in [0.3, 0.4) is 0 Å².